The van der Waals surface area contributed by atoms with Gasteiger partial charge in [-0.15, -0.1) is 0 Å². The van der Waals surface area contributed by atoms with Crippen LogP contribution in [0.4, 0.5) is 29.6 Å². The molecule has 65 nitrogen and oxygen atoms in total. The molecule has 19 rings (SSSR count). The van der Waals surface area contributed by atoms with Crippen LogP contribution in [0.5, 0.6) is 0 Å². The quantitative estimate of drug-likeness (QED) is 0.0127. The average Bonchev–Trinajstić information content (AvgIpc) is 1.63. The molecule has 0 radical (unpaired) electrons. The topological polar surface area (TPSA) is 898 Å². The van der Waals surface area contributed by atoms with Crippen molar-refractivity contribution in [3.63, 3.8) is 0 Å². The van der Waals surface area contributed by atoms with Gasteiger partial charge in [-0.3, -0.25) is 95.2 Å². The summed E-state index contributed by atoms with van der Waals surface area (Å²) >= 11 is 37.8. The van der Waals surface area contributed by atoms with Crippen molar-refractivity contribution in [3.05, 3.63) is 145 Å². The van der Waals surface area contributed by atoms with Gasteiger partial charge in [0.05, 0.1) is 120 Å². The number of rotatable bonds is 40. The van der Waals surface area contributed by atoms with E-state index in [1.54, 1.807) is 6.92 Å². The Morgan fingerprint density at radius 3 is 0.887 bits per heavy atom. The molecule has 12 aromatic heterocycles. The molecule has 12 aromatic rings. The Hall–Kier alpha value is -8.29. The van der Waals surface area contributed by atoms with Crippen molar-refractivity contribution in [2.75, 3.05) is 68.3 Å². The molecule has 14 unspecified atom stereocenters. The third-order valence-electron chi connectivity index (χ3n) is 24.6. The average molecular weight is 2360 g/mol. The third-order valence-corrected chi connectivity index (χ3v) is 34.8. The number of ether oxygens (including phenoxy) is 7. The molecule has 0 bridgehead atoms. The second kappa shape index (κ2) is 43.3. The van der Waals surface area contributed by atoms with Gasteiger partial charge in [-0.2, -0.15) is 19.9 Å². The molecule has 150 heavy (non-hydrogen) atoms. The largest absolute Gasteiger partial charge is 0.780 e. The predicted molar refractivity (Wildman–Crippen MR) is 525 cm³/mol. The molecule has 7 aliphatic rings. The lowest BCUT2D eigenvalue weighted by Crippen LogP contribution is -2.34. The van der Waals surface area contributed by atoms with Crippen LogP contribution in [0.15, 0.2) is 88.7 Å². The van der Waals surface area contributed by atoms with E-state index in [9.17, 15) is 67.4 Å². The highest BCUT2D eigenvalue weighted by atomic mass is 32.7. The molecule has 0 aliphatic carbocycles. The van der Waals surface area contributed by atoms with Gasteiger partial charge in [0, 0.05) is 68.5 Å². The summed E-state index contributed by atoms with van der Waals surface area (Å²) in [5, 5.41) is 0. The summed E-state index contributed by atoms with van der Waals surface area (Å²) in [4.78, 5) is 260. The zero-order valence-electron chi connectivity index (χ0n) is 76.8. The van der Waals surface area contributed by atoms with Crippen LogP contribution in [0, 0.1) is 13.8 Å². The summed E-state index contributed by atoms with van der Waals surface area (Å²) in [7, 11) is 0. The van der Waals surface area contributed by atoms with Gasteiger partial charge >= 0.3 is 11.4 Å². The van der Waals surface area contributed by atoms with E-state index in [1.165, 1.54) is 55.5 Å². The van der Waals surface area contributed by atoms with Crippen LogP contribution in [0.2, 0.25) is 0 Å². The Labute approximate surface area is 871 Å². The van der Waals surface area contributed by atoms with Crippen LogP contribution in [0.1, 0.15) is 113 Å². The first-order chi connectivity index (χ1) is 70.8. The summed E-state index contributed by atoms with van der Waals surface area (Å²) in [6, 6.07) is 0. The molecule has 17 N–H and O–H groups in total. The molecular formula is C71H83N29O36P7S7-7. The van der Waals surface area contributed by atoms with Crippen molar-refractivity contribution in [2.45, 2.75) is 201 Å². The molecule has 79 heteroatoms. The molecule has 0 aromatic carbocycles. The van der Waals surface area contributed by atoms with Crippen LogP contribution in [0.25, 0.3) is 55.8 Å². The van der Waals surface area contributed by atoms with Gasteiger partial charge in [0.1, 0.15) is 132 Å². The number of H-pyrrole nitrogens is 6. The first-order valence-corrected chi connectivity index (χ1v) is 62.3. The molecule has 0 amide bonds. The Balaban J connectivity index is 0.549. The molecule has 7 saturated heterocycles. The van der Waals surface area contributed by atoms with Gasteiger partial charge in [-0.1, -0.05) is 77.8 Å². The molecule has 28 atom stereocenters. The van der Waals surface area contributed by atoms with E-state index in [4.69, 9.17) is 204 Å². The van der Waals surface area contributed by atoms with Gasteiger partial charge in [0.15, 0.2) is 62.9 Å². The van der Waals surface area contributed by atoms with Gasteiger partial charge < -0.3 is 167 Å². The molecule has 0 saturated carbocycles. The highest BCUT2D eigenvalue weighted by molar-refractivity contribution is 8.32. The molecule has 812 valence electrons. The highest BCUT2D eigenvalue weighted by Crippen LogP contribution is 2.57. The standard InChI is InChI=1S/C71H90N29O36P7S7/c1-4-28-29(5-42(123-28)94-12-26(2)60(101)92-70(94)107)131-138(111,145)118-16-38-32(8-45(126-38)97-22-80-50-56(97)84-66(73)88-62(50)103)135-142(115,149)121-19-41-35(11-48(129-41)100-25-83-53-59(100)87-69(76)91-65(53)106)136-143(116,150)122-18-40-34(10-47(128-40)99-24-82-52-58(99)86-68(75)90-64(52)105)134-141(114,148)119-15-37-31(7-43(124-37)95-13-27(3)61(102)93-71(95)108)132-140(113,147)120-17-39-33(9-46(127-39)98-23-81-51-57(98)85-67(74)89-63(51)104)133-139(112,146)117-14-36-30(130-137(109,110)144)6-44(125-36)96-21-79-49-54(72)77-20-78-55(49)96/h12-13,20-25,28-48H,4-11,14-19H2,1-3H3,(H,111,145)(H,112,146)(H,113,147)(H,114,148)(H,115,149)(H,116,150)(H2,72,77,78)(H,92,101,107)(H,93,102,108)(H2,109,110,144)(H3,73,84,88,103)(H3,74,85,89,104)(H3,75,86,90,105)(H3,76,87,91,106)/p-7/t28-,29?,30?,31?,32?,33?,34?,35?,36-,37-,38-,39-,40-,41-,42-,43-,44-,45-,46-,47-,48-,138?,139?,140?,141?,142?,143?/m1/s1. The van der Waals surface area contributed by atoms with Crippen molar-refractivity contribution in [1.29, 1.82) is 0 Å². The highest BCUT2D eigenvalue weighted by Gasteiger charge is 2.50. The van der Waals surface area contributed by atoms with E-state index in [1.807, 2.05) is 0 Å². The number of aryl methyl sites for hydroxylation is 2. The smallest absolute Gasteiger partial charge is 0.330 e. The fourth-order valence-corrected chi connectivity index (χ4v) is 27.4. The van der Waals surface area contributed by atoms with E-state index in [-0.39, 0.29) is 129 Å². The maximum Gasteiger partial charge on any atom is 0.330 e. The number of anilines is 5. The molecule has 7 fully saturated rings. The van der Waals surface area contributed by atoms with E-state index in [0.29, 0.717) is 0 Å². The second-order valence-corrected chi connectivity index (χ2v) is 53.3. The molecule has 7 aliphatic heterocycles. The number of aromatic amines is 6. The Morgan fingerprint density at radius 1 is 0.353 bits per heavy atom. The minimum atomic E-state index is -5.10. The second-order valence-electron chi connectivity index (χ2n) is 34.5. The number of aromatic nitrogens is 24. The van der Waals surface area contributed by atoms with Gasteiger partial charge in [0.25, 0.3) is 33.4 Å². The lowest BCUT2D eigenvalue weighted by atomic mass is 10.1. The Morgan fingerprint density at radius 2 is 0.600 bits per heavy atom. The van der Waals surface area contributed by atoms with Crippen molar-refractivity contribution < 1.29 is 131 Å². The number of nitrogens with two attached hydrogens (primary N) is 5. The van der Waals surface area contributed by atoms with Crippen molar-refractivity contribution >= 4 is 216 Å². The number of hydrogen-bond acceptors (Lipinski definition) is 58. The fraction of sp³-hybridized carbons (Fsp3) is 0.535. The third kappa shape index (κ3) is 24.4. The zero-order valence-corrected chi connectivity index (χ0v) is 88.8. The normalized spacial score (nSPS) is 29.1. The number of nitrogens with zero attached hydrogens (tertiary/aromatic N) is 18. The van der Waals surface area contributed by atoms with E-state index < -0.39 is 280 Å². The fourth-order valence-electron chi connectivity index (χ4n) is 17.8. The molecular weight excluding hydrogens is 2280 g/mol. The predicted octanol–water partition coefficient (Wildman–Crippen LogP) is -4.64. The van der Waals surface area contributed by atoms with Crippen LogP contribution < -0.4 is 103 Å². The maximum atomic E-state index is 15.1. The number of nitrogen functional groups attached to an aromatic ring is 5. The molecule has 0 spiro atoms. The zero-order chi connectivity index (χ0) is 107. The van der Waals surface area contributed by atoms with Crippen molar-refractivity contribution in [1.82, 2.24) is 117 Å². The summed E-state index contributed by atoms with van der Waals surface area (Å²) in [5.74, 6) is -1.38. The van der Waals surface area contributed by atoms with Crippen LogP contribution in [-0.2, 0) is 180 Å². The SMILES string of the molecule is CC[C@H]1O[C@@H](n2cc(C)c(=O)[nH]c2=O)CC1OP([O-])(=S)OC[C@H]1O[C@@H](n2cnc3c(=O)[nH]c(N)nc32)CC1OP(=O)([S-])OC[C@H]1O[C@@H](n2cnc3c(=O)[nH]c(N)nc32)CC1OP([O-])(=S)OC[C@H]1O[C@@H](n2cnc3c(=O)[nH]c(N)nc32)CC1OP([O-])(=S)OC[C@H]1O[C@@H](n2cc(C)c(=O)[nH]c2=O)CC1OP([O-])(=S)OC[C@H]1O[C@@H](n2cnc3c(=O)[nH]c(N)nc32)CC1OP([O-])(=S)OC[C@H]1O[C@@H](n2cnc3c(N)ncnc32)CC1OP([O-])(O)=S. The number of imidazole rings is 5. The first-order valence-electron chi connectivity index (χ1n) is 44.4. The number of hydrogen-bond donors (Lipinski definition) is 12. The summed E-state index contributed by atoms with van der Waals surface area (Å²) in [6.45, 7) is -35.1. The van der Waals surface area contributed by atoms with E-state index in [2.05, 4.69) is 84.7 Å². The minimum absolute atomic E-state index is 0.00728. The van der Waals surface area contributed by atoms with Crippen LogP contribution in [0.3, 0.4) is 0 Å². The Bertz CT molecular complexity index is 8130. The van der Waals surface area contributed by atoms with Gasteiger partial charge in [0.2, 0.25) is 23.8 Å². The Kier molecular flexibility index (Phi) is 31.8. The van der Waals surface area contributed by atoms with Gasteiger partial charge in [-0.05, 0) is 20.3 Å². The number of fused-ring (bicyclic) bond motifs is 5. The number of nitrogens with one attached hydrogen (secondary N) is 6. The summed E-state index contributed by atoms with van der Waals surface area (Å²) in [5.41, 5.74) is 22.7. The molecule has 19 heterocycles. The van der Waals surface area contributed by atoms with E-state index >= 15 is 9.79 Å². The van der Waals surface area contributed by atoms with Crippen LogP contribution in [-0.4, -0.2) is 247 Å². The first kappa shape index (κ1) is 110. The summed E-state index contributed by atoms with van der Waals surface area (Å²) in [6.07, 6.45) is -21.7. The lowest BCUT2D eigenvalue weighted by Gasteiger charge is -2.36. The van der Waals surface area contributed by atoms with Crippen molar-refractivity contribution in [2.24, 2.45) is 0 Å². The monoisotopic (exact) mass is 2360 g/mol. The van der Waals surface area contributed by atoms with Crippen molar-refractivity contribution in [3.8, 4) is 0 Å². The minimum Gasteiger partial charge on any atom is -0.780 e. The summed E-state index contributed by atoms with van der Waals surface area (Å²) < 4.78 is 144. The maximum absolute atomic E-state index is 15.1. The lowest BCUT2D eigenvalue weighted by molar-refractivity contribution is -0.221. The van der Waals surface area contributed by atoms with E-state index in [0.717, 1.165) is 40.6 Å². The van der Waals surface area contributed by atoms with Gasteiger partial charge in [-0.25, -0.2) is 44.5 Å². The van der Waals surface area contributed by atoms with Crippen LogP contribution >= 0.6 is 47.1 Å².